The van der Waals surface area contributed by atoms with Gasteiger partial charge in [0.25, 0.3) is 0 Å². The maximum Gasteiger partial charge on any atom is 0.108 e. The average Bonchev–Trinajstić information content (AvgIpc) is 2.72. The van der Waals surface area contributed by atoms with Crippen LogP contribution in [0.4, 0.5) is 4.39 Å². The number of halogens is 1. The predicted molar refractivity (Wildman–Crippen MR) is 106 cm³/mol. The molecule has 0 spiro atoms. The summed E-state index contributed by atoms with van der Waals surface area (Å²) in [6, 6.07) is 10.5. The third-order valence-electron chi connectivity index (χ3n) is 6.84. The van der Waals surface area contributed by atoms with Gasteiger partial charge in [0, 0.05) is 0 Å². The molecule has 0 amide bonds. The Morgan fingerprint density at radius 1 is 0.885 bits per heavy atom. The number of allylic oxidation sites excluding steroid dienone is 2. The van der Waals surface area contributed by atoms with Crippen LogP contribution in [0.25, 0.3) is 0 Å². The van der Waals surface area contributed by atoms with Crippen molar-refractivity contribution in [3.05, 3.63) is 47.5 Å². The highest BCUT2D eigenvalue weighted by molar-refractivity contribution is 5.33. The highest BCUT2D eigenvalue weighted by Crippen LogP contribution is 2.44. The lowest BCUT2D eigenvalue weighted by Gasteiger charge is -2.38. The van der Waals surface area contributed by atoms with Crippen molar-refractivity contribution in [3.63, 3.8) is 0 Å². The summed E-state index contributed by atoms with van der Waals surface area (Å²) in [6.45, 7) is -0.322. The van der Waals surface area contributed by atoms with Crippen LogP contribution < -0.4 is 0 Å². The molecule has 3 rings (SSSR count). The van der Waals surface area contributed by atoms with Gasteiger partial charge in [-0.1, -0.05) is 37.1 Å². The lowest BCUT2D eigenvalue weighted by atomic mass is 9.68. The molecule has 2 saturated carbocycles. The number of nitrogens with zero attached hydrogens (tertiary/aromatic N) is 1. The second-order valence-corrected chi connectivity index (χ2v) is 8.33. The number of hydrogen-bond donors (Lipinski definition) is 0. The minimum absolute atomic E-state index is 0.322. The minimum atomic E-state index is -0.322. The Labute approximate surface area is 158 Å². The van der Waals surface area contributed by atoms with Crippen LogP contribution in [0, 0.1) is 29.1 Å². The van der Waals surface area contributed by atoms with Crippen molar-refractivity contribution in [2.45, 2.75) is 70.1 Å². The van der Waals surface area contributed by atoms with Gasteiger partial charge in [-0.3, -0.25) is 0 Å². The Morgan fingerprint density at radius 3 is 2.08 bits per heavy atom. The molecule has 0 aliphatic heterocycles. The van der Waals surface area contributed by atoms with E-state index in [1.165, 1.54) is 63.4 Å². The minimum Gasteiger partial charge on any atom is -0.247 e. The SMILES string of the molecule is N#Cc1ccc(C2CCC(C3CCC(CCC=CCF)CC3)CC2)cc1. The third-order valence-corrected chi connectivity index (χ3v) is 6.84. The van der Waals surface area contributed by atoms with Crippen molar-refractivity contribution in [3.8, 4) is 6.07 Å². The highest BCUT2D eigenvalue weighted by Gasteiger charge is 2.31. The van der Waals surface area contributed by atoms with E-state index in [4.69, 9.17) is 5.26 Å². The van der Waals surface area contributed by atoms with E-state index in [1.807, 2.05) is 18.2 Å². The van der Waals surface area contributed by atoms with Gasteiger partial charge in [-0.2, -0.15) is 5.26 Å². The summed E-state index contributed by atoms with van der Waals surface area (Å²) in [4.78, 5) is 0. The molecule has 0 heterocycles. The number of rotatable bonds is 6. The Kier molecular flexibility index (Phi) is 7.30. The fourth-order valence-corrected chi connectivity index (χ4v) is 5.21. The number of benzene rings is 1. The zero-order valence-electron chi connectivity index (χ0n) is 15.9. The number of hydrogen-bond acceptors (Lipinski definition) is 1. The fourth-order valence-electron chi connectivity index (χ4n) is 5.21. The van der Waals surface area contributed by atoms with Gasteiger partial charge in [0.2, 0.25) is 0 Å². The zero-order valence-corrected chi connectivity index (χ0v) is 15.9. The van der Waals surface area contributed by atoms with Crippen molar-refractivity contribution in [1.82, 2.24) is 0 Å². The summed E-state index contributed by atoms with van der Waals surface area (Å²) < 4.78 is 12.1. The van der Waals surface area contributed by atoms with E-state index >= 15 is 0 Å². The first-order valence-corrected chi connectivity index (χ1v) is 10.5. The summed E-state index contributed by atoms with van der Waals surface area (Å²) in [5.41, 5.74) is 2.19. The standard InChI is InChI=1S/C24H32FN/c25-17-3-1-2-4-19-5-9-21(10-6-19)23-13-15-24(16-14-23)22-11-7-20(18-26)8-12-22/h1,3,7-8,11-12,19,21,23-24H,2,4-6,9-10,13-17H2. The molecule has 0 unspecified atom stereocenters. The van der Waals surface area contributed by atoms with E-state index in [-0.39, 0.29) is 6.67 Å². The number of alkyl halides is 1. The molecule has 1 aromatic carbocycles. The predicted octanol–water partition coefficient (Wildman–Crippen LogP) is 6.94. The Bertz CT molecular complexity index is 596. The van der Waals surface area contributed by atoms with Crippen LogP contribution in [0.2, 0.25) is 0 Å². The Morgan fingerprint density at radius 2 is 1.50 bits per heavy atom. The lowest BCUT2D eigenvalue weighted by molar-refractivity contribution is 0.157. The molecule has 2 aliphatic carbocycles. The van der Waals surface area contributed by atoms with Crippen molar-refractivity contribution < 1.29 is 4.39 Å². The van der Waals surface area contributed by atoms with Crippen LogP contribution in [0.15, 0.2) is 36.4 Å². The van der Waals surface area contributed by atoms with Crippen LogP contribution in [0.3, 0.4) is 0 Å². The second-order valence-electron chi connectivity index (χ2n) is 8.33. The zero-order chi connectivity index (χ0) is 18.2. The fraction of sp³-hybridized carbons (Fsp3) is 0.625. The largest absolute Gasteiger partial charge is 0.247 e. The van der Waals surface area contributed by atoms with E-state index in [0.717, 1.165) is 29.7 Å². The van der Waals surface area contributed by atoms with Gasteiger partial charge >= 0.3 is 0 Å². The molecule has 26 heavy (non-hydrogen) atoms. The van der Waals surface area contributed by atoms with Crippen LogP contribution in [-0.2, 0) is 0 Å². The molecule has 1 aromatic rings. The van der Waals surface area contributed by atoms with Crippen molar-refractivity contribution in [1.29, 1.82) is 5.26 Å². The summed E-state index contributed by atoms with van der Waals surface area (Å²) in [5, 5.41) is 8.94. The van der Waals surface area contributed by atoms with Gasteiger partial charge in [0.05, 0.1) is 11.6 Å². The summed E-state index contributed by atoms with van der Waals surface area (Å²) >= 11 is 0. The van der Waals surface area contributed by atoms with E-state index < -0.39 is 0 Å². The molecule has 2 fully saturated rings. The molecule has 0 bridgehead atoms. The van der Waals surface area contributed by atoms with Crippen molar-refractivity contribution in [2.24, 2.45) is 17.8 Å². The molecule has 0 aromatic heterocycles. The van der Waals surface area contributed by atoms with Crippen LogP contribution in [0.1, 0.15) is 81.3 Å². The van der Waals surface area contributed by atoms with Crippen LogP contribution in [0.5, 0.6) is 0 Å². The third kappa shape index (κ3) is 5.19. The molecular weight excluding hydrogens is 321 g/mol. The lowest BCUT2D eigenvalue weighted by Crippen LogP contribution is -2.25. The highest BCUT2D eigenvalue weighted by atomic mass is 19.1. The van der Waals surface area contributed by atoms with Crippen molar-refractivity contribution in [2.75, 3.05) is 6.67 Å². The molecule has 0 saturated heterocycles. The van der Waals surface area contributed by atoms with Gasteiger partial charge in [-0.25, -0.2) is 4.39 Å². The second kappa shape index (κ2) is 9.91. The van der Waals surface area contributed by atoms with Gasteiger partial charge in [0.1, 0.15) is 6.67 Å². The molecule has 2 heteroatoms. The quantitative estimate of drug-likeness (QED) is 0.508. The molecule has 0 N–H and O–H groups in total. The van der Waals surface area contributed by atoms with E-state index in [2.05, 4.69) is 18.2 Å². The average molecular weight is 354 g/mol. The molecule has 0 atom stereocenters. The molecule has 1 nitrogen and oxygen atoms in total. The first-order valence-electron chi connectivity index (χ1n) is 10.5. The van der Waals surface area contributed by atoms with Gasteiger partial charge < -0.3 is 0 Å². The summed E-state index contributed by atoms with van der Waals surface area (Å²) in [7, 11) is 0. The van der Waals surface area contributed by atoms with Crippen LogP contribution in [-0.4, -0.2) is 6.67 Å². The molecule has 140 valence electrons. The molecule has 2 aliphatic rings. The normalized spacial score (nSPS) is 29.5. The van der Waals surface area contributed by atoms with E-state index in [0.29, 0.717) is 5.92 Å². The van der Waals surface area contributed by atoms with E-state index in [9.17, 15) is 4.39 Å². The Balaban J connectivity index is 1.40. The van der Waals surface area contributed by atoms with E-state index in [1.54, 1.807) is 6.08 Å². The Hall–Kier alpha value is -1.62. The topological polar surface area (TPSA) is 23.8 Å². The maximum atomic E-state index is 12.1. The van der Waals surface area contributed by atoms with Crippen molar-refractivity contribution >= 4 is 0 Å². The number of nitriles is 1. The van der Waals surface area contributed by atoms with Gasteiger partial charge in [-0.15, -0.1) is 0 Å². The van der Waals surface area contributed by atoms with Crippen LogP contribution >= 0.6 is 0 Å². The summed E-state index contributed by atoms with van der Waals surface area (Å²) in [6.07, 6.45) is 16.9. The monoisotopic (exact) mass is 353 g/mol. The first kappa shape index (κ1) is 19.2. The summed E-state index contributed by atoms with van der Waals surface area (Å²) in [5.74, 6) is 3.43. The first-order chi connectivity index (χ1) is 12.8. The smallest absolute Gasteiger partial charge is 0.108 e. The van der Waals surface area contributed by atoms with Gasteiger partial charge in [-0.05, 0) is 92.7 Å². The maximum absolute atomic E-state index is 12.1. The molecular formula is C24H32FN. The van der Waals surface area contributed by atoms with Gasteiger partial charge in [0.15, 0.2) is 0 Å². The molecule has 0 radical (unpaired) electrons.